The predicted molar refractivity (Wildman–Crippen MR) is 76.2 cm³/mol. The average molecular weight is 303 g/mol. The molecule has 0 N–H and O–H groups in total. The van der Waals surface area contributed by atoms with Crippen LogP contribution in [0.4, 0.5) is 5.69 Å². The Kier molecular flexibility index (Phi) is 3.07. The molecule has 3 aliphatic heterocycles. The number of rotatable bonds is 3. The highest BCUT2D eigenvalue weighted by molar-refractivity contribution is 6.22. The van der Waals surface area contributed by atoms with Crippen LogP contribution in [0.15, 0.2) is 30.3 Å². The average Bonchev–Trinajstić information content (AvgIpc) is 3.17. The quantitative estimate of drug-likeness (QED) is 0.765. The molecule has 3 heterocycles. The van der Waals surface area contributed by atoms with Crippen LogP contribution in [0.5, 0.6) is 0 Å². The third-order valence-corrected chi connectivity index (χ3v) is 4.95. The molecule has 2 amide bonds. The summed E-state index contributed by atoms with van der Waals surface area (Å²) in [6, 6.07) is 9.00. The lowest BCUT2D eigenvalue weighted by Gasteiger charge is -2.30. The second kappa shape index (κ2) is 4.87. The summed E-state index contributed by atoms with van der Waals surface area (Å²) in [7, 11) is 3.15. The number of carbonyl (C=O) groups excluding carboxylic acids is 2. The van der Waals surface area contributed by atoms with Crippen LogP contribution in [0.25, 0.3) is 0 Å². The number of anilines is 1. The van der Waals surface area contributed by atoms with Crippen LogP contribution in [0.3, 0.4) is 0 Å². The van der Waals surface area contributed by atoms with Crippen molar-refractivity contribution in [2.45, 2.75) is 24.4 Å². The van der Waals surface area contributed by atoms with Crippen molar-refractivity contribution in [2.24, 2.45) is 11.8 Å². The highest BCUT2D eigenvalue weighted by atomic mass is 16.6. The van der Waals surface area contributed by atoms with Crippen LogP contribution in [-0.2, 0) is 23.8 Å². The summed E-state index contributed by atoms with van der Waals surface area (Å²) in [6.07, 6.45) is -1.47. The van der Waals surface area contributed by atoms with E-state index >= 15 is 0 Å². The van der Waals surface area contributed by atoms with Gasteiger partial charge in [0.05, 0.1) is 29.7 Å². The minimum atomic E-state index is -0.478. The third kappa shape index (κ3) is 1.60. The normalized spacial score (nSPS) is 39.6. The molecule has 116 valence electrons. The van der Waals surface area contributed by atoms with Gasteiger partial charge in [-0.25, -0.2) is 4.90 Å². The summed E-state index contributed by atoms with van der Waals surface area (Å²) in [5.41, 5.74) is 0.606. The van der Waals surface area contributed by atoms with E-state index < -0.39 is 24.0 Å². The van der Waals surface area contributed by atoms with Crippen LogP contribution in [0, 0.1) is 11.8 Å². The summed E-state index contributed by atoms with van der Waals surface area (Å²) in [5.74, 6) is -1.36. The molecule has 22 heavy (non-hydrogen) atoms. The van der Waals surface area contributed by atoms with Crippen molar-refractivity contribution in [3.63, 3.8) is 0 Å². The monoisotopic (exact) mass is 303 g/mol. The van der Waals surface area contributed by atoms with Gasteiger partial charge in [-0.3, -0.25) is 9.59 Å². The second-order valence-electron chi connectivity index (χ2n) is 5.86. The standard InChI is InChI=1S/C16H17NO5/c1-20-13-11-9-10(12(22-11)14(13)21-2)16(19)17(15(9)18)8-6-4-3-5-7-8/h3-7,9-14H,1-2H3/t9?,10?,11?,12?,13-,14+. The fourth-order valence-electron chi connectivity index (χ4n) is 4.06. The lowest BCUT2D eigenvalue weighted by atomic mass is 9.78. The van der Waals surface area contributed by atoms with Crippen LogP contribution in [0.1, 0.15) is 0 Å². The molecule has 0 radical (unpaired) electrons. The van der Waals surface area contributed by atoms with E-state index in [9.17, 15) is 9.59 Å². The van der Waals surface area contributed by atoms with E-state index in [0.717, 1.165) is 0 Å². The van der Waals surface area contributed by atoms with Gasteiger partial charge in [0, 0.05) is 14.2 Å². The first kappa shape index (κ1) is 13.9. The minimum absolute atomic E-state index is 0.203. The number of hydrogen-bond donors (Lipinski definition) is 0. The van der Waals surface area contributed by atoms with Crippen LogP contribution < -0.4 is 4.90 Å². The van der Waals surface area contributed by atoms with E-state index in [2.05, 4.69) is 0 Å². The highest BCUT2D eigenvalue weighted by Gasteiger charge is 2.69. The smallest absolute Gasteiger partial charge is 0.240 e. The van der Waals surface area contributed by atoms with Crippen molar-refractivity contribution >= 4 is 17.5 Å². The molecule has 6 nitrogen and oxygen atoms in total. The predicted octanol–water partition coefficient (Wildman–Crippen LogP) is 0.603. The Morgan fingerprint density at radius 3 is 1.86 bits per heavy atom. The van der Waals surface area contributed by atoms with Crippen LogP contribution >= 0.6 is 0 Å². The van der Waals surface area contributed by atoms with E-state index in [-0.39, 0.29) is 24.0 Å². The minimum Gasteiger partial charge on any atom is -0.376 e. The first-order valence-electron chi connectivity index (χ1n) is 7.33. The Morgan fingerprint density at radius 1 is 0.909 bits per heavy atom. The number of hydrogen-bond acceptors (Lipinski definition) is 5. The number of para-hydroxylation sites is 1. The van der Waals surface area contributed by atoms with Crippen molar-refractivity contribution in [3.8, 4) is 0 Å². The topological polar surface area (TPSA) is 65.1 Å². The summed E-state index contributed by atoms with van der Waals surface area (Å²) in [6.45, 7) is 0. The van der Waals surface area contributed by atoms with Crippen molar-refractivity contribution in [3.05, 3.63) is 30.3 Å². The van der Waals surface area contributed by atoms with Gasteiger partial charge in [0.1, 0.15) is 12.2 Å². The maximum absolute atomic E-state index is 12.8. The van der Waals surface area contributed by atoms with Gasteiger partial charge < -0.3 is 14.2 Å². The highest BCUT2D eigenvalue weighted by Crippen LogP contribution is 2.51. The van der Waals surface area contributed by atoms with Crippen LogP contribution in [0.2, 0.25) is 0 Å². The Morgan fingerprint density at radius 2 is 1.41 bits per heavy atom. The number of benzene rings is 1. The van der Waals surface area contributed by atoms with E-state index in [4.69, 9.17) is 14.2 Å². The molecule has 3 saturated heterocycles. The number of imide groups is 1. The van der Waals surface area contributed by atoms with Gasteiger partial charge in [-0.2, -0.15) is 0 Å². The zero-order chi connectivity index (χ0) is 15.4. The number of fused-ring (bicyclic) bond motifs is 5. The zero-order valence-corrected chi connectivity index (χ0v) is 12.3. The maximum atomic E-state index is 12.8. The lowest BCUT2D eigenvalue weighted by Crippen LogP contribution is -2.49. The van der Waals surface area contributed by atoms with Crippen molar-refractivity contribution in [1.82, 2.24) is 0 Å². The Balaban J connectivity index is 1.72. The van der Waals surface area contributed by atoms with Gasteiger partial charge >= 0.3 is 0 Å². The first-order valence-corrected chi connectivity index (χ1v) is 7.33. The van der Waals surface area contributed by atoms with Gasteiger partial charge in [0.25, 0.3) is 0 Å². The number of carbonyl (C=O) groups is 2. The molecule has 0 saturated carbocycles. The molecule has 0 aromatic heterocycles. The largest absolute Gasteiger partial charge is 0.376 e. The fraction of sp³-hybridized carbons (Fsp3) is 0.500. The number of methoxy groups -OCH3 is 2. The number of amides is 2. The molecule has 4 unspecified atom stereocenters. The van der Waals surface area contributed by atoms with E-state index in [0.29, 0.717) is 5.69 Å². The SMILES string of the molecule is CO[C@@H]1C2OC(C3C(=O)N(c4ccccc4)C(=O)C32)[C@@H]1OC. The molecular formula is C16H17NO5. The number of nitrogens with zero attached hydrogens (tertiary/aromatic N) is 1. The lowest BCUT2D eigenvalue weighted by molar-refractivity contribution is -0.126. The second-order valence-corrected chi connectivity index (χ2v) is 5.86. The van der Waals surface area contributed by atoms with E-state index in [1.165, 1.54) is 4.90 Å². The molecule has 6 atom stereocenters. The summed E-state index contributed by atoms with van der Waals surface area (Å²) in [5, 5.41) is 0. The molecule has 2 bridgehead atoms. The van der Waals surface area contributed by atoms with Crippen molar-refractivity contribution < 1.29 is 23.8 Å². The summed E-state index contributed by atoms with van der Waals surface area (Å²) in [4.78, 5) is 26.8. The van der Waals surface area contributed by atoms with Gasteiger partial charge in [-0.05, 0) is 12.1 Å². The summed E-state index contributed by atoms with van der Waals surface area (Å²) >= 11 is 0. The fourth-order valence-corrected chi connectivity index (χ4v) is 4.06. The molecule has 6 heteroatoms. The van der Waals surface area contributed by atoms with Gasteiger partial charge in [-0.15, -0.1) is 0 Å². The first-order chi connectivity index (χ1) is 10.7. The molecule has 1 aromatic carbocycles. The van der Waals surface area contributed by atoms with Gasteiger partial charge in [0.15, 0.2) is 0 Å². The van der Waals surface area contributed by atoms with E-state index in [1.54, 1.807) is 26.4 Å². The number of ether oxygens (including phenoxy) is 3. The molecule has 0 spiro atoms. The summed E-state index contributed by atoms with van der Waals surface area (Å²) < 4.78 is 16.8. The van der Waals surface area contributed by atoms with Crippen molar-refractivity contribution in [1.29, 1.82) is 0 Å². The Labute approximate surface area is 127 Å². The van der Waals surface area contributed by atoms with Crippen molar-refractivity contribution in [2.75, 3.05) is 19.1 Å². The zero-order valence-electron chi connectivity index (χ0n) is 12.3. The molecule has 3 aliphatic rings. The molecule has 3 fully saturated rings. The van der Waals surface area contributed by atoms with Gasteiger partial charge in [0.2, 0.25) is 11.8 Å². The molecule has 4 rings (SSSR count). The molecular weight excluding hydrogens is 286 g/mol. The van der Waals surface area contributed by atoms with E-state index in [1.807, 2.05) is 18.2 Å². The maximum Gasteiger partial charge on any atom is 0.240 e. The Bertz CT molecular complexity index is 584. The molecule has 0 aliphatic carbocycles. The Hall–Kier alpha value is -1.76. The molecule has 1 aromatic rings. The van der Waals surface area contributed by atoms with Gasteiger partial charge in [-0.1, -0.05) is 18.2 Å². The van der Waals surface area contributed by atoms with Crippen LogP contribution in [-0.4, -0.2) is 50.4 Å². The third-order valence-electron chi connectivity index (χ3n) is 4.95.